The second-order valence-electron chi connectivity index (χ2n) is 6.92. The lowest BCUT2D eigenvalue weighted by molar-refractivity contribution is -0.124. The SMILES string of the molecule is CC(C)c1ccc(OCC(=O)NCC2(O)CCOc3ccccc32)cc1. The number of amides is 1. The van der Waals surface area contributed by atoms with Crippen molar-refractivity contribution in [2.24, 2.45) is 0 Å². The highest BCUT2D eigenvalue weighted by molar-refractivity contribution is 5.77. The van der Waals surface area contributed by atoms with Crippen LogP contribution in [0.3, 0.4) is 0 Å². The third-order valence-electron chi connectivity index (χ3n) is 4.66. The van der Waals surface area contributed by atoms with Crippen molar-refractivity contribution in [3.05, 3.63) is 59.7 Å². The van der Waals surface area contributed by atoms with Crippen molar-refractivity contribution in [1.82, 2.24) is 5.32 Å². The molecule has 0 fully saturated rings. The molecule has 5 nitrogen and oxygen atoms in total. The van der Waals surface area contributed by atoms with Gasteiger partial charge in [0.15, 0.2) is 6.61 Å². The van der Waals surface area contributed by atoms with Crippen molar-refractivity contribution in [2.45, 2.75) is 31.8 Å². The summed E-state index contributed by atoms with van der Waals surface area (Å²) in [5.74, 6) is 1.50. The molecule has 138 valence electrons. The van der Waals surface area contributed by atoms with Crippen LogP contribution in [0.1, 0.15) is 37.3 Å². The molecule has 0 spiro atoms. The summed E-state index contributed by atoms with van der Waals surface area (Å²) < 4.78 is 11.1. The summed E-state index contributed by atoms with van der Waals surface area (Å²) in [5, 5.41) is 13.7. The van der Waals surface area contributed by atoms with E-state index >= 15 is 0 Å². The van der Waals surface area contributed by atoms with Gasteiger partial charge in [-0.05, 0) is 29.7 Å². The maximum Gasteiger partial charge on any atom is 0.258 e. The second kappa shape index (κ2) is 7.79. The number of carbonyl (C=O) groups is 1. The molecule has 1 atom stereocenters. The predicted molar refractivity (Wildman–Crippen MR) is 99.5 cm³/mol. The number of hydrogen-bond acceptors (Lipinski definition) is 4. The molecule has 0 aliphatic carbocycles. The number of aliphatic hydroxyl groups is 1. The summed E-state index contributed by atoms with van der Waals surface area (Å²) in [4.78, 5) is 12.1. The molecular weight excluding hydrogens is 330 g/mol. The zero-order chi connectivity index (χ0) is 18.6. The molecule has 1 aliphatic heterocycles. The summed E-state index contributed by atoms with van der Waals surface area (Å²) >= 11 is 0. The van der Waals surface area contributed by atoms with Crippen molar-refractivity contribution < 1.29 is 19.4 Å². The molecule has 5 heteroatoms. The molecule has 0 bridgehead atoms. The summed E-state index contributed by atoms with van der Waals surface area (Å²) in [6.45, 7) is 4.71. The van der Waals surface area contributed by atoms with Gasteiger partial charge in [0, 0.05) is 12.0 Å². The minimum atomic E-state index is -1.12. The van der Waals surface area contributed by atoms with Crippen molar-refractivity contribution >= 4 is 5.91 Å². The van der Waals surface area contributed by atoms with Crippen LogP contribution in [0.2, 0.25) is 0 Å². The van der Waals surface area contributed by atoms with Gasteiger partial charge < -0.3 is 19.9 Å². The quantitative estimate of drug-likeness (QED) is 0.836. The van der Waals surface area contributed by atoms with Gasteiger partial charge in [-0.3, -0.25) is 4.79 Å². The Morgan fingerprint density at radius 3 is 2.69 bits per heavy atom. The third-order valence-corrected chi connectivity index (χ3v) is 4.66. The van der Waals surface area contributed by atoms with Gasteiger partial charge in [0.25, 0.3) is 5.91 Å². The van der Waals surface area contributed by atoms with Gasteiger partial charge in [-0.2, -0.15) is 0 Å². The van der Waals surface area contributed by atoms with E-state index in [0.717, 1.165) is 0 Å². The summed E-state index contributed by atoms with van der Waals surface area (Å²) in [5.41, 5.74) is 0.808. The number of hydrogen-bond donors (Lipinski definition) is 2. The average Bonchev–Trinajstić information content (AvgIpc) is 2.65. The first-order valence-corrected chi connectivity index (χ1v) is 8.92. The molecule has 1 heterocycles. The molecule has 1 unspecified atom stereocenters. The molecule has 2 N–H and O–H groups in total. The van der Waals surface area contributed by atoms with Gasteiger partial charge in [0.05, 0.1) is 13.2 Å². The van der Waals surface area contributed by atoms with Crippen LogP contribution in [0.4, 0.5) is 0 Å². The van der Waals surface area contributed by atoms with Crippen LogP contribution >= 0.6 is 0 Å². The van der Waals surface area contributed by atoms with Gasteiger partial charge >= 0.3 is 0 Å². The number of nitrogens with one attached hydrogen (secondary N) is 1. The largest absolute Gasteiger partial charge is 0.493 e. The van der Waals surface area contributed by atoms with E-state index in [-0.39, 0.29) is 19.1 Å². The summed E-state index contributed by atoms with van der Waals surface area (Å²) in [6.07, 6.45) is 0.432. The Labute approximate surface area is 153 Å². The van der Waals surface area contributed by atoms with Gasteiger partial charge in [-0.1, -0.05) is 44.2 Å². The number of ether oxygens (including phenoxy) is 2. The lowest BCUT2D eigenvalue weighted by Crippen LogP contribution is -2.45. The Hall–Kier alpha value is -2.53. The van der Waals surface area contributed by atoms with Gasteiger partial charge in [0.2, 0.25) is 0 Å². The Morgan fingerprint density at radius 2 is 1.96 bits per heavy atom. The third kappa shape index (κ3) is 4.17. The second-order valence-corrected chi connectivity index (χ2v) is 6.92. The highest BCUT2D eigenvalue weighted by Crippen LogP contribution is 2.36. The molecule has 0 saturated heterocycles. The Bertz CT molecular complexity index is 757. The van der Waals surface area contributed by atoms with Crippen molar-refractivity contribution in [1.29, 1.82) is 0 Å². The average molecular weight is 355 g/mol. The van der Waals surface area contributed by atoms with Crippen LogP contribution in [-0.2, 0) is 10.4 Å². The van der Waals surface area contributed by atoms with E-state index in [4.69, 9.17) is 9.47 Å². The molecule has 1 aliphatic rings. The maximum atomic E-state index is 12.1. The lowest BCUT2D eigenvalue weighted by Gasteiger charge is -2.34. The molecule has 3 rings (SSSR count). The first-order valence-electron chi connectivity index (χ1n) is 8.92. The van der Waals surface area contributed by atoms with E-state index in [9.17, 15) is 9.90 Å². The minimum absolute atomic E-state index is 0.0880. The number of para-hydroxylation sites is 1. The van der Waals surface area contributed by atoms with Crippen molar-refractivity contribution in [2.75, 3.05) is 19.8 Å². The lowest BCUT2D eigenvalue weighted by atomic mass is 9.88. The topological polar surface area (TPSA) is 67.8 Å². The van der Waals surface area contributed by atoms with Gasteiger partial charge in [0.1, 0.15) is 17.1 Å². The Morgan fingerprint density at radius 1 is 1.23 bits per heavy atom. The zero-order valence-corrected chi connectivity index (χ0v) is 15.2. The number of rotatable bonds is 6. The standard InChI is InChI=1S/C21H25NO4/c1-15(2)16-7-9-17(10-8-16)26-13-20(23)22-14-21(24)11-12-25-19-6-4-3-5-18(19)21/h3-10,15,24H,11-14H2,1-2H3,(H,22,23). The van der Waals surface area contributed by atoms with E-state index < -0.39 is 5.60 Å². The van der Waals surface area contributed by atoms with E-state index in [1.807, 2.05) is 48.5 Å². The van der Waals surface area contributed by atoms with E-state index in [0.29, 0.717) is 36.0 Å². The van der Waals surface area contributed by atoms with Crippen LogP contribution in [0.25, 0.3) is 0 Å². The first kappa shape index (κ1) is 18.3. The van der Waals surface area contributed by atoms with Crippen LogP contribution in [0, 0.1) is 0 Å². The smallest absolute Gasteiger partial charge is 0.258 e. The molecule has 0 saturated carbocycles. The van der Waals surface area contributed by atoms with Crippen LogP contribution in [-0.4, -0.2) is 30.8 Å². The Kier molecular flexibility index (Phi) is 5.47. The van der Waals surface area contributed by atoms with Gasteiger partial charge in [-0.25, -0.2) is 0 Å². The van der Waals surface area contributed by atoms with Crippen molar-refractivity contribution in [3.8, 4) is 11.5 Å². The molecule has 26 heavy (non-hydrogen) atoms. The van der Waals surface area contributed by atoms with Gasteiger partial charge in [-0.15, -0.1) is 0 Å². The molecule has 1 amide bonds. The fourth-order valence-electron chi connectivity index (χ4n) is 3.02. The monoisotopic (exact) mass is 355 g/mol. The number of carbonyl (C=O) groups excluding carboxylic acids is 1. The molecular formula is C21H25NO4. The zero-order valence-electron chi connectivity index (χ0n) is 15.2. The molecule has 2 aromatic rings. The summed E-state index contributed by atoms with van der Waals surface area (Å²) in [6, 6.07) is 15.1. The molecule has 2 aromatic carbocycles. The fraction of sp³-hybridized carbons (Fsp3) is 0.381. The normalized spacial score (nSPS) is 18.8. The van der Waals surface area contributed by atoms with Crippen LogP contribution < -0.4 is 14.8 Å². The van der Waals surface area contributed by atoms with Crippen molar-refractivity contribution in [3.63, 3.8) is 0 Å². The fourth-order valence-corrected chi connectivity index (χ4v) is 3.02. The van der Waals surface area contributed by atoms with Crippen LogP contribution in [0.5, 0.6) is 11.5 Å². The maximum absolute atomic E-state index is 12.1. The van der Waals surface area contributed by atoms with E-state index in [1.165, 1.54) is 5.56 Å². The first-order chi connectivity index (χ1) is 12.5. The number of fused-ring (bicyclic) bond motifs is 1. The molecule has 0 aromatic heterocycles. The Balaban J connectivity index is 1.53. The summed E-state index contributed by atoms with van der Waals surface area (Å²) in [7, 11) is 0. The number of benzene rings is 2. The van der Waals surface area contributed by atoms with E-state index in [2.05, 4.69) is 19.2 Å². The van der Waals surface area contributed by atoms with E-state index in [1.54, 1.807) is 0 Å². The predicted octanol–water partition coefficient (Wildman–Crippen LogP) is 2.98. The molecule has 0 radical (unpaired) electrons. The van der Waals surface area contributed by atoms with Crippen LogP contribution in [0.15, 0.2) is 48.5 Å². The highest BCUT2D eigenvalue weighted by atomic mass is 16.5. The minimum Gasteiger partial charge on any atom is -0.493 e. The highest BCUT2D eigenvalue weighted by Gasteiger charge is 2.35.